The predicted octanol–water partition coefficient (Wildman–Crippen LogP) is 1.41. The van der Waals surface area contributed by atoms with Crippen LogP contribution < -0.4 is 0 Å². The van der Waals surface area contributed by atoms with Gasteiger partial charge in [-0.1, -0.05) is 6.92 Å². The largest absolute Gasteiger partial charge is 0.393 e. The molecule has 52 valence electrons. The van der Waals surface area contributed by atoms with E-state index in [0.29, 0.717) is 11.8 Å². The maximum atomic E-state index is 9.49. The number of hydrogen-bond acceptors (Lipinski definition) is 1. The Morgan fingerprint density at radius 1 is 1.22 bits per heavy atom. The van der Waals surface area contributed by atoms with Crippen LogP contribution in [0.25, 0.3) is 0 Å². The highest BCUT2D eigenvalue weighted by molar-refractivity contribution is 4.94. The second-order valence-electron chi connectivity index (χ2n) is 3.68. The molecule has 2 aliphatic carbocycles. The molecule has 9 heavy (non-hydrogen) atoms. The van der Waals surface area contributed by atoms with E-state index in [0.717, 1.165) is 5.92 Å². The Kier molecular flexibility index (Phi) is 1.10. The number of rotatable bonds is 0. The van der Waals surface area contributed by atoms with Crippen LogP contribution in [0, 0.1) is 17.8 Å². The molecular formula is C8H14O. The summed E-state index contributed by atoms with van der Waals surface area (Å²) in [4.78, 5) is 0. The van der Waals surface area contributed by atoms with Gasteiger partial charge in [-0.3, -0.25) is 0 Å². The van der Waals surface area contributed by atoms with Crippen molar-refractivity contribution in [3.8, 4) is 0 Å². The summed E-state index contributed by atoms with van der Waals surface area (Å²) in [7, 11) is 0. The van der Waals surface area contributed by atoms with E-state index >= 15 is 0 Å². The molecule has 0 aromatic rings. The van der Waals surface area contributed by atoms with Crippen LogP contribution in [-0.4, -0.2) is 11.2 Å². The minimum Gasteiger partial charge on any atom is -0.393 e. The molecular weight excluding hydrogens is 112 g/mol. The zero-order valence-electron chi connectivity index (χ0n) is 5.88. The highest BCUT2D eigenvalue weighted by Crippen LogP contribution is 2.47. The van der Waals surface area contributed by atoms with Gasteiger partial charge in [-0.05, 0) is 37.0 Å². The molecule has 1 heteroatoms. The molecule has 0 radical (unpaired) electrons. The third-order valence-electron chi connectivity index (χ3n) is 3.28. The first-order valence-corrected chi connectivity index (χ1v) is 3.97. The van der Waals surface area contributed by atoms with Gasteiger partial charge in [-0.2, -0.15) is 0 Å². The number of fused-ring (bicyclic) bond motifs is 2. The fourth-order valence-corrected chi connectivity index (χ4v) is 2.55. The standard InChI is InChI=1S/C8H14O/c1-5-6-2-3-7(4-6)8(5)9/h5-9H,2-4H2,1H3. The summed E-state index contributed by atoms with van der Waals surface area (Å²) >= 11 is 0. The van der Waals surface area contributed by atoms with Crippen LogP contribution in [0.15, 0.2) is 0 Å². The number of aliphatic hydroxyl groups excluding tert-OH is 1. The lowest BCUT2D eigenvalue weighted by atomic mass is 9.88. The third-order valence-corrected chi connectivity index (χ3v) is 3.28. The van der Waals surface area contributed by atoms with Crippen LogP contribution in [0.2, 0.25) is 0 Å². The Morgan fingerprint density at radius 2 is 1.89 bits per heavy atom. The monoisotopic (exact) mass is 126 g/mol. The van der Waals surface area contributed by atoms with Crippen molar-refractivity contribution in [2.75, 3.05) is 0 Å². The summed E-state index contributed by atoms with van der Waals surface area (Å²) in [6, 6.07) is 0. The second-order valence-corrected chi connectivity index (χ2v) is 3.68. The molecule has 0 amide bonds. The molecule has 4 unspecified atom stereocenters. The molecule has 0 saturated heterocycles. The summed E-state index contributed by atoms with van der Waals surface area (Å²) in [5, 5.41) is 9.49. The molecule has 1 nitrogen and oxygen atoms in total. The van der Waals surface area contributed by atoms with E-state index in [9.17, 15) is 5.11 Å². The van der Waals surface area contributed by atoms with Crippen LogP contribution in [0.4, 0.5) is 0 Å². The van der Waals surface area contributed by atoms with Crippen molar-refractivity contribution in [1.29, 1.82) is 0 Å². The van der Waals surface area contributed by atoms with E-state index in [1.807, 2.05) is 0 Å². The Balaban J connectivity index is 2.15. The summed E-state index contributed by atoms with van der Waals surface area (Å²) in [6.45, 7) is 2.19. The molecule has 0 spiro atoms. The highest BCUT2D eigenvalue weighted by atomic mass is 16.3. The van der Waals surface area contributed by atoms with Gasteiger partial charge in [0.15, 0.2) is 0 Å². The summed E-state index contributed by atoms with van der Waals surface area (Å²) in [5.41, 5.74) is 0. The van der Waals surface area contributed by atoms with E-state index < -0.39 is 0 Å². The second kappa shape index (κ2) is 1.72. The Hall–Kier alpha value is -0.0400. The van der Waals surface area contributed by atoms with Gasteiger partial charge in [0.05, 0.1) is 6.10 Å². The lowest BCUT2D eigenvalue weighted by Gasteiger charge is -2.22. The molecule has 0 aromatic heterocycles. The molecule has 1 N–H and O–H groups in total. The molecule has 2 fully saturated rings. The van der Waals surface area contributed by atoms with Gasteiger partial charge in [0.25, 0.3) is 0 Å². The van der Waals surface area contributed by atoms with Crippen LogP contribution in [0.3, 0.4) is 0 Å². The van der Waals surface area contributed by atoms with Gasteiger partial charge < -0.3 is 5.11 Å². The van der Waals surface area contributed by atoms with Gasteiger partial charge in [0.1, 0.15) is 0 Å². The van der Waals surface area contributed by atoms with Crippen molar-refractivity contribution in [2.24, 2.45) is 17.8 Å². The Morgan fingerprint density at radius 3 is 2.22 bits per heavy atom. The molecule has 0 heterocycles. The van der Waals surface area contributed by atoms with Crippen LogP contribution in [0.1, 0.15) is 26.2 Å². The molecule has 2 rings (SSSR count). The van der Waals surface area contributed by atoms with Gasteiger partial charge in [-0.25, -0.2) is 0 Å². The van der Waals surface area contributed by atoms with Gasteiger partial charge in [0.2, 0.25) is 0 Å². The van der Waals surface area contributed by atoms with Crippen LogP contribution in [0.5, 0.6) is 0 Å². The summed E-state index contributed by atoms with van der Waals surface area (Å²) in [6.07, 6.45) is 4.02. The molecule has 4 atom stereocenters. The fraction of sp³-hybridized carbons (Fsp3) is 1.00. The van der Waals surface area contributed by atoms with E-state index in [-0.39, 0.29) is 6.10 Å². The average Bonchev–Trinajstić information content (AvgIpc) is 2.37. The molecule has 0 aliphatic heterocycles. The Bertz CT molecular complexity index is 104. The predicted molar refractivity (Wildman–Crippen MR) is 36.0 cm³/mol. The lowest BCUT2D eigenvalue weighted by Crippen LogP contribution is -2.24. The first-order valence-electron chi connectivity index (χ1n) is 3.97. The smallest absolute Gasteiger partial charge is 0.0596 e. The molecule has 0 aromatic carbocycles. The SMILES string of the molecule is CC1C2CCC(C2)C1O. The zero-order valence-corrected chi connectivity index (χ0v) is 5.88. The maximum absolute atomic E-state index is 9.49. The van der Waals surface area contributed by atoms with E-state index in [1.54, 1.807) is 0 Å². The summed E-state index contributed by atoms with van der Waals surface area (Å²) in [5.74, 6) is 2.14. The number of aliphatic hydroxyl groups is 1. The number of hydrogen-bond donors (Lipinski definition) is 1. The minimum absolute atomic E-state index is 0.0451. The van der Waals surface area contributed by atoms with Crippen molar-refractivity contribution in [3.63, 3.8) is 0 Å². The lowest BCUT2D eigenvalue weighted by molar-refractivity contribution is 0.0677. The first kappa shape index (κ1) is 5.72. The normalized spacial score (nSPS) is 56.7. The first-order chi connectivity index (χ1) is 4.29. The van der Waals surface area contributed by atoms with Gasteiger partial charge in [0, 0.05) is 0 Å². The zero-order chi connectivity index (χ0) is 6.43. The average molecular weight is 126 g/mol. The maximum Gasteiger partial charge on any atom is 0.0596 e. The third kappa shape index (κ3) is 0.644. The quantitative estimate of drug-likeness (QED) is 0.520. The minimum atomic E-state index is 0.0451. The Labute approximate surface area is 56.1 Å². The molecule has 2 saturated carbocycles. The topological polar surface area (TPSA) is 20.2 Å². The van der Waals surface area contributed by atoms with Crippen molar-refractivity contribution in [3.05, 3.63) is 0 Å². The van der Waals surface area contributed by atoms with E-state index in [1.165, 1.54) is 19.3 Å². The fourth-order valence-electron chi connectivity index (χ4n) is 2.55. The van der Waals surface area contributed by atoms with Crippen molar-refractivity contribution in [1.82, 2.24) is 0 Å². The van der Waals surface area contributed by atoms with E-state index in [4.69, 9.17) is 0 Å². The van der Waals surface area contributed by atoms with Gasteiger partial charge in [-0.15, -0.1) is 0 Å². The molecule has 2 aliphatic rings. The van der Waals surface area contributed by atoms with Crippen molar-refractivity contribution < 1.29 is 5.11 Å². The highest BCUT2D eigenvalue weighted by Gasteiger charge is 2.43. The van der Waals surface area contributed by atoms with Gasteiger partial charge >= 0.3 is 0 Å². The summed E-state index contributed by atoms with van der Waals surface area (Å²) < 4.78 is 0. The van der Waals surface area contributed by atoms with Crippen molar-refractivity contribution >= 4 is 0 Å². The van der Waals surface area contributed by atoms with Crippen molar-refractivity contribution in [2.45, 2.75) is 32.3 Å². The van der Waals surface area contributed by atoms with E-state index in [2.05, 4.69) is 6.92 Å². The van der Waals surface area contributed by atoms with Crippen LogP contribution >= 0.6 is 0 Å². The molecule has 2 bridgehead atoms. The van der Waals surface area contributed by atoms with Crippen LogP contribution in [-0.2, 0) is 0 Å².